The summed E-state index contributed by atoms with van der Waals surface area (Å²) in [6.45, 7) is 5.66. The van der Waals surface area contributed by atoms with E-state index in [-0.39, 0.29) is 23.7 Å². The van der Waals surface area contributed by atoms with Gasteiger partial charge in [0.05, 0.1) is 11.8 Å². The molecule has 1 aromatic heterocycles. The van der Waals surface area contributed by atoms with Gasteiger partial charge in [-0.2, -0.15) is 0 Å². The van der Waals surface area contributed by atoms with Gasteiger partial charge in [-0.3, -0.25) is 9.59 Å². The van der Waals surface area contributed by atoms with Crippen LogP contribution in [-0.2, 0) is 9.59 Å². The molecule has 1 aliphatic carbocycles. The van der Waals surface area contributed by atoms with E-state index in [1.807, 2.05) is 4.90 Å². The first-order chi connectivity index (χ1) is 12.2. The van der Waals surface area contributed by atoms with Gasteiger partial charge >= 0.3 is 0 Å². The quantitative estimate of drug-likeness (QED) is 0.748. The Morgan fingerprint density at radius 1 is 1.12 bits per heavy atom. The van der Waals surface area contributed by atoms with Gasteiger partial charge in [-0.25, -0.2) is 9.97 Å². The summed E-state index contributed by atoms with van der Waals surface area (Å²) in [6, 6.07) is 1.80. The fraction of sp³-hybridized carbons (Fsp3) is 0.667. The topological polar surface area (TPSA) is 78.4 Å². The fourth-order valence-corrected chi connectivity index (χ4v) is 3.29. The number of hydrogen-bond donors (Lipinski definition) is 1. The highest BCUT2D eigenvalue weighted by Crippen LogP contribution is 2.40. The Balaban J connectivity index is 1.41. The van der Waals surface area contributed by atoms with Crippen molar-refractivity contribution in [1.29, 1.82) is 0 Å². The minimum atomic E-state index is -0.121. The van der Waals surface area contributed by atoms with E-state index in [0.29, 0.717) is 25.5 Å². The Morgan fingerprint density at radius 3 is 2.52 bits per heavy atom. The van der Waals surface area contributed by atoms with E-state index in [2.05, 4.69) is 27.1 Å². The number of hydrogen-bond acceptors (Lipinski definition) is 5. The molecule has 7 heteroatoms. The molecule has 0 radical (unpaired) electrons. The number of carbonyl (C=O) groups is 2. The summed E-state index contributed by atoms with van der Waals surface area (Å²) in [7, 11) is 0. The third-order valence-electron chi connectivity index (χ3n) is 4.95. The number of unbranched alkanes of at least 4 members (excludes halogenated alkanes) is 2. The molecule has 2 heterocycles. The van der Waals surface area contributed by atoms with Crippen molar-refractivity contribution in [2.75, 3.05) is 37.6 Å². The summed E-state index contributed by atoms with van der Waals surface area (Å²) < 4.78 is 0. The molecule has 2 aliphatic rings. The third kappa shape index (κ3) is 4.46. The van der Waals surface area contributed by atoms with Gasteiger partial charge in [0.15, 0.2) is 0 Å². The highest BCUT2D eigenvalue weighted by Gasteiger charge is 2.49. The average Bonchev–Trinajstić information content (AvgIpc) is 3.46. The van der Waals surface area contributed by atoms with Crippen molar-refractivity contribution in [3.8, 4) is 0 Å². The molecule has 0 bridgehead atoms. The lowest BCUT2D eigenvalue weighted by atomic mass is 10.2. The second-order valence-corrected chi connectivity index (χ2v) is 6.81. The van der Waals surface area contributed by atoms with Crippen molar-refractivity contribution in [2.24, 2.45) is 11.8 Å². The first-order valence-electron chi connectivity index (χ1n) is 9.29. The van der Waals surface area contributed by atoms with Crippen LogP contribution in [0.2, 0.25) is 0 Å². The Labute approximate surface area is 148 Å². The van der Waals surface area contributed by atoms with E-state index in [4.69, 9.17) is 0 Å². The molecule has 25 heavy (non-hydrogen) atoms. The second-order valence-electron chi connectivity index (χ2n) is 6.81. The summed E-state index contributed by atoms with van der Waals surface area (Å²) in [5.74, 6) is 0.647. The number of aromatic nitrogens is 2. The van der Waals surface area contributed by atoms with Crippen LogP contribution in [0.5, 0.6) is 0 Å². The van der Waals surface area contributed by atoms with Crippen molar-refractivity contribution in [2.45, 2.75) is 32.6 Å². The van der Waals surface area contributed by atoms with Crippen LogP contribution < -0.4 is 10.2 Å². The molecule has 2 unspecified atom stereocenters. The van der Waals surface area contributed by atoms with Crippen LogP contribution in [0.3, 0.4) is 0 Å². The number of nitrogens with zero attached hydrogens (tertiary/aromatic N) is 4. The van der Waals surface area contributed by atoms with Gasteiger partial charge in [0.25, 0.3) is 0 Å². The maximum atomic E-state index is 12.6. The lowest BCUT2D eigenvalue weighted by Crippen LogP contribution is -2.50. The number of carbonyl (C=O) groups excluding carboxylic acids is 2. The largest absolute Gasteiger partial charge is 0.356 e. The summed E-state index contributed by atoms with van der Waals surface area (Å²) in [6.07, 6.45) is 7.43. The van der Waals surface area contributed by atoms with Crippen LogP contribution in [0, 0.1) is 11.8 Å². The van der Waals surface area contributed by atoms with Crippen molar-refractivity contribution in [1.82, 2.24) is 20.2 Å². The molecule has 136 valence electrons. The van der Waals surface area contributed by atoms with Crippen LogP contribution in [0.4, 0.5) is 5.95 Å². The molecular weight excluding hydrogens is 318 g/mol. The fourth-order valence-electron chi connectivity index (χ4n) is 3.29. The van der Waals surface area contributed by atoms with Gasteiger partial charge in [0.2, 0.25) is 17.8 Å². The predicted octanol–water partition coefficient (Wildman–Crippen LogP) is 1.07. The van der Waals surface area contributed by atoms with E-state index in [0.717, 1.165) is 38.9 Å². The van der Waals surface area contributed by atoms with E-state index < -0.39 is 0 Å². The molecule has 3 rings (SSSR count). The van der Waals surface area contributed by atoms with Crippen molar-refractivity contribution in [3.63, 3.8) is 0 Å². The van der Waals surface area contributed by atoms with Gasteiger partial charge in [0.1, 0.15) is 0 Å². The third-order valence-corrected chi connectivity index (χ3v) is 4.95. The number of amides is 2. The van der Waals surface area contributed by atoms with Crippen LogP contribution in [0.15, 0.2) is 18.5 Å². The molecule has 1 saturated heterocycles. The Hall–Kier alpha value is -2.18. The zero-order valence-corrected chi connectivity index (χ0v) is 14.9. The van der Waals surface area contributed by atoms with Crippen LogP contribution in [-0.4, -0.2) is 59.4 Å². The summed E-state index contributed by atoms with van der Waals surface area (Å²) >= 11 is 0. The molecule has 1 saturated carbocycles. The molecule has 1 aromatic rings. The van der Waals surface area contributed by atoms with Crippen LogP contribution >= 0.6 is 0 Å². The van der Waals surface area contributed by atoms with Gasteiger partial charge in [-0.15, -0.1) is 0 Å². The average molecular weight is 345 g/mol. The summed E-state index contributed by atoms with van der Waals surface area (Å²) in [4.78, 5) is 37.2. The molecule has 7 nitrogen and oxygen atoms in total. The zero-order chi connectivity index (χ0) is 17.6. The molecule has 2 amide bonds. The first kappa shape index (κ1) is 17.6. The van der Waals surface area contributed by atoms with E-state index >= 15 is 0 Å². The molecule has 1 N–H and O–H groups in total. The molecule has 1 aliphatic heterocycles. The standard InChI is InChI=1S/C18H27N5O2/c1-2-3-4-6-19-16(24)14-13-15(14)17(25)22-9-11-23(12-10-22)18-20-7-5-8-21-18/h5,7-8,14-15H,2-4,6,9-13H2,1H3,(H,19,24). The van der Waals surface area contributed by atoms with Crippen molar-refractivity contribution in [3.05, 3.63) is 18.5 Å². The Kier molecular flexibility index (Phi) is 5.83. The summed E-state index contributed by atoms with van der Waals surface area (Å²) in [5.41, 5.74) is 0. The number of rotatable bonds is 7. The lowest BCUT2D eigenvalue weighted by Gasteiger charge is -2.34. The van der Waals surface area contributed by atoms with Crippen LogP contribution in [0.1, 0.15) is 32.6 Å². The monoisotopic (exact) mass is 345 g/mol. The van der Waals surface area contributed by atoms with Crippen molar-refractivity contribution < 1.29 is 9.59 Å². The smallest absolute Gasteiger partial charge is 0.226 e. The maximum Gasteiger partial charge on any atom is 0.226 e. The minimum absolute atomic E-state index is 0.0470. The van der Waals surface area contributed by atoms with Gasteiger partial charge in [-0.1, -0.05) is 19.8 Å². The first-order valence-corrected chi connectivity index (χ1v) is 9.29. The van der Waals surface area contributed by atoms with E-state index in [1.165, 1.54) is 0 Å². The molecule has 2 atom stereocenters. The minimum Gasteiger partial charge on any atom is -0.356 e. The van der Waals surface area contributed by atoms with Crippen LogP contribution in [0.25, 0.3) is 0 Å². The highest BCUT2D eigenvalue weighted by atomic mass is 16.2. The van der Waals surface area contributed by atoms with E-state index in [1.54, 1.807) is 18.5 Å². The molecule has 0 aromatic carbocycles. The number of piperazine rings is 1. The SMILES string of the molecule is CCCCCNC(=O)C1CC1C(=O)N1CCN(c2ncccn2)CC1. The maximum absolute atomic E-state index is 12.6. The Morgan fingerprint density at radius 2 is 1.84 bits per heavy atom. The number of anilines is 1. The highest BCUT2D eigenvalue weighted by molar-refractivity contribution is 5.92. The summed E-state index contributed by atoms with van der Waals surface area (Å²) in [5, 5.41) is 2.96. The van der Waals surface area contributed by atoms with Gasteiger partial charge in [-0.05, 0) is 18.9 Å². The molecule has 0 spiro atoms. The second kappa shape index (κ2) is 8.27. The van der Waals surface area contributed by atoms with E-state index in [9.17, 15) is 9.59 Å². The Bertz CT molecular complexity index is 586. The van der Waals surface area contributed by atoms with Crippen molar-refractivity contribution >= 4 is 17.8 Å². The van der Waals surface area contributed by atoms with Gasteiger partial charge < -0.3 is 15.1 Å². The lowest BCUT2D eigenvalue weighted by molar-refractivity contribution is -0.135. The number of nitrogens with one attached hydrogen (secondary N) is 1. The molecular formula is C18H27N5O2. The van der Waals surface area contributed by atoms with Gasteiger partial charge in [0, 0.05) is 45.1 Å². The molecule has 2 fully saturated rings. The normalized spacial score (nSPS) is 22.6. The zero-order valence-electron chi connectivity index (χ0n) is 14.9. The predicted molar refractivity (Wildman–Crippen MR) is 95.0 cm³/mol.